The van der Waals surface area contributed by atoms with Crippen molar-refractivity contribution < 1.29 is 21.6 Å². The van der Waals surface area contributed by atoms with Crippen molar-refractivity contribution in [1.82, 2.24) is 4.90 Å². The normalized spacial score (nSPS) is 12.1. The van der Waals surface area contributed by atoms with Crippen molar-refractivity contribution in [3.8, 4) is 0 Å². The number of sulfonamides is 1. The molecule has 0 aromatic heterocycles. The number of rotatable bonds is 13. The number of sulfone groups is 1. The molecule has 7 nitrogen and oxygen atoms in total. The van der Waals surface area contributed by atoms with Gasteiger partial charge in [-0.3, -0.25) is 9.10 Å². The number of anilines is 1. The minimum Gasteiger partial charge on any atom is -0.309 e. The first-order valence-electron chi connectivity index (χ1n) is 12.6. The van der Waals surface area contributed by atoms with Gasteiger partial charge in [0.25, 0.3) is 10.0 Å². The van der Waals surface area contributed by atoms with Crippen LogP contribution in [0.2, 0.25) is 5.02 Å². The molecule has 39 heavy (non-hydrogen) atoms. The summed E-state index contributed by atoms with van der Waals surface area (Å²) in [6.07, 6.45) is 0.850. The summed E-state index contributed by atoms with van der Waals surface area (Å²) >= 11 is 6.29. The summed E-state index contributed by atoms with van der Waals surface area (Å²) in [6, 6.07) is 18.0. The predicted molar refractivity (Wildman–Crippen MR) is 157 cm³/mol. The van der Waals surface area contributed by atoms with Crippen LogP contribution in [0.4, 0.5) is 5.69 Å². The van der Waals surface area contributed by atoms with Crippen molar-refractivity contribution in [1.29, 1.82) is 0 Å². The third-order valence-corrected chi connectivity index (χ3v) is 10.4. The molecule has 0 saturated carbocycles. The molecule has 0 atom stereocenters. The van der Waals surface area contributed by atoms with Crippen LogP contribution >= 0.6 is 11.6 Å². The Labute approximate surface area is 237 Å². The molecule has 10 heteroatoms. The molecule has 3 rings (SSSR count). The standard InChI is InChI=1S/C29H35ClN2O5S2/c1-22-12-16-26(17-13-22)39(36,37)32(29-11-6-10-28(30)23(29)2)21-25(33)15-14-24-8-5-9-27(20-24)38(34,35)19-7-18-31(3)4/h5-6,8-13,16-17,20H,7,14-15,18-19,21H2,1-4H3. The highest BCUT2D eigenvalue weighted by Gasteiger charge is 2.28. The van der Waals surface area contributed by atoms with Gasteiger partial charge in [-0.05, 0) is 94.9 Å². The van der Waals surface area contributed by atoms with Gasteiger partial charge in [-0.1, -0.05) is 47.5 Å². The molecule has 210 valence electrons. The van der Waals surface area contributed by atoms with Crippen molar-refractivity contribution in [2.24, 2.45) is 0 Å². The number of carbonyl (C=O) groups excluding carboxylic acids is 1. The lowest BCUT2D eigenvalue weighted by Gasteiger charge is -2.26. The Kier molecular flexibility index (Phi) is 10.3. The Balaban J connectivity index is 1.80. The molecule has 3 aromatic rings. The highest BCUT2D eigenvalue weighted by atomic mass is 35.5. The Bertz CT molecular complexity index is 1520. The average Bonchev–Trinajstić information content (AvgIpc) is 2.88. The van der Waals surface area contributed by atoms with Crippen LogP contribution in [-0.4, -0.2) is 60.5 Å². The molecule has 0 spiro atoms. The van der Waals surface area contributed by atoms with Gasteiger partial charge >= 0.3 is 0 Å². The van der Waals surface area contributed by atoms with E-state index in [-0.39, 0.29) is 40.7 Å². The van der Waals surface area contributed by atoms with Crippen LogP contribution in [0.5, 0.6) is 0 Å². The van der Waals surface area contributed by atoms with E-state index < -0.39 is 19.9 Å². The second-order valence-electron chi connectivity index (χ2n) is 9.87. The smallest absolute Gasteiger partial charge is 0.264 e. The van der Waals surface area contributed by atoms with Crippen LogP contribution < -0.4 is 4.31 Å². The van der Waals surface area contributed by atoms with Gasteiger partial charge in [-0.25, -0.2) is 16.8 Å². The van der Waals surface area contributed by atoms with E-state index >= 15 is 0 Å². The predicted octanol–water partition coefficient (Wildman–Crippen LogP) is 5.08. The quantitative estimate of drug-likeness (QED) is 0.276. The summed E-state index contributed by atoms with van der Waals surface area (Å²) in [4.78, 5) is 15.4. The van der Waals surface area contributed by atoms with Gasteiger partial charge in [-0.15, -0.1) is 0 Å². The first kappa shape index (κ1) is 30.8. The Hall–Kier alpha value is -2.72. The van der Waals surface area contributed by atoms with Crippen LogP contribution in [0.15, 0.2) is 76.5 Å². The fraction of sp³-hybridized carbons (Fsp3) is 0.345. The van der Waals surface area contributed by atoms with Gasteiger partial charge in [0.05, 0.1) is 27.8 Å². The first-order valence-corrected chi connectivity index (χ1v) is 16.1. The molecule has 3 aromatic carbocycles. The van der Waals surface area contributed by atoms with Gasteiger partial charge in [0.15, 0.2) is 15.6 Å². The topological polar surface area (TPSA) is 91.8 Å². The molecule has 0 saturated heterocycles. The molecule has 0 aliphatic heterocycles. The Morgan fingerprint density at radius 3 is 2.21 bits per heavy atom. The maximum absolute atomic E-state index is 13.7. The molecule has 0 unspecified atom stereocenters. The second-order valence-corrected chi connectivity index (χ2v) is 14.2. The number of Topliss-reactive ketones (excluding diaryl/α,β-unsaturated/α-hetero) is 1. The van der Waals surface area contributed by atoms with Crippen LogP contribution in [0, 0.1) is 13.8 Å². The zero-order valence-electron chi connectivity index (χ0n) is 22.7. The number of carbonyl (C=O) groups is 1. The molecular formula is C29H35ClN2O5S2. The van der Waals surface area contributed by atoms with Gasteiger partial charge in [-0.2, -0.15) is 0 Å². The lowest BCUT2D eigenvalue weighted by atomic mass is 10.1. The van der Waals surface area contributed by atoms with Crippen molar-refractivity contribution in [3.05, 3.63) is 88.4 Å². The molecule has 0 bridgehead atoms. The largest absolute Gasteiger partial charge is 0.309 e. The number of nitrogens with zero attached hydrogens (tertiary/aromatic N) is 2. The highest BCUT2D eigenvalue weighted by molar-refractivity contribution is 7.93. The molecule has 0 aliphatic carbocycles. The SMILES string of the molecule is Cc1ccc(S(=O)(=O)N(CC(=O)CCc2cccc(S(=O)(=O)CCCN(C)C)c2)c2cccc(Cl)c2C)cc1. The zero-order chi connectivity index (χ0) is 28.8. The molecular weight excluding hydrogens is 556 g/mol. The van der Waals surface area contributed by atoms with Crippen LogP contribution in [-0.2, 0) is 31.1 Å². The molecule has 0 heterocycles. The van der Waals surface area contributed by atoms with Crippen LogP contribution in [0.25, 0.3) is 0 Å². The van der Waals surface area contributed by atoms with Crippen molar-refractivity contribution in [2.75, 3.05) is 37.2 Å². The number of ketones is 1. The lowest BCUT2D eigenvalue weighted by Crippen LogP contribution is -2.36. The minimum absolute atomic E-state index is 0.0401. The van der Waals surface area contributed by atoms with Gasteiger partial charge < -0.3 is 4.90 Å². The third kappa shape index (κ3) is 8.14. The number of aryl methyl sites for hydroxylation is 2. The summed E-state index contributed by atoms with van der Waals surface area (Å²) in [7, 11) is -3.72. The van der Waals surface area contributed by atoms with Gasteiger partial charge in [0, 0.05) is 11.4 Å². The molecule has 0 amide bonds. The maximum atomic E-state index is 13.7. The van der Waals surface area contributed by atoms with E-state index in [0.717, 1.165) is 9.87 Å². The summed E-state index contributed by atoms with van der Waals surface area (Å²) in [5, 5.41) is 0.396. The van der Waals surface area contributed by atoms with E-state index in [1.165, 1.54) is 12.1 Å². The fourth-order valence-corrected chi connectivity index (χ4v) is 7.15. The number of hydrogen-bond donors (Lipinski definition) is 0. The fourth-order valence-electron chi connectivity index (χ4n) is 4.11. The van der Waals surface area contributed by atoms with Crippen molar-refractivity contribution in [3.63, 3.8) is 0 Å². The lowest BCUT2D eigenvalue weighted by molar-refractivity contribution is -0.117. The molecule has 0 fully saturated rings. The second kappa shape index (κ2) is 13.1. The van der Waals surface area contributed by atoms with E-state index in [9.17, 15) is 21.6 Å². The maximum Gasteiger partial charge on any atom is 0.264 e. The zero-order valence-corrected chi connectivity index (χ0v) is 25.1. The summed E-state index contributed by atoms with van der Waals surface area (Å²) in [5.41, 5.74) is 2.50. The Morgan fingerprint density at radius 1 is 0.872 bits per heavy atom. The molecule has 0 N–H and O–H groups in total. The van der Waals surface area contributed by atoms with E-state index in [1.807, 2.05) is 25.9 Å². The van der Waals surface area contributed by atoms with E-state index in [2.05, 4.69) is 0 Å². The first-order chi connectivity index (χ1) is 18.3. The van der Waals surface area contributed by atoms with Gasteiger partial charge in [0.1, 0.15) is 0 Å². The molecule has 0 radical (unpaired) electrons. The van der Waals surface area contributed by atoms with E-state index in [1.54, 1.807) is 61.5 Å². The average molecular weight is 591 g/mol. The monoisotopic (exact) mass is 590 g/mol. The van der Waals surface area contributed by atoms with Gasteiger partial charge in [0.2, 0.25) is 0 Å². The molecule has 0 aliphatic rings. The number of halogens is 1. The summed E-state index contributed by atoms with van der Waals surface area (Å²) in [5.74, 6) is -0.262. The van der Waals surface area contributed by atoms with Crippen LogP contribution in [0.1, 0.15) is 29.5 Å². The number of hydrogen-bond acceptors (Lipinski definition) is 6. The summed E-state index contributed by atoms with van der Waals surface area (Å²) < 4.78 is 54.0. The minimum atomic E-state index is -4.06. The third-order valence-electron chi connectivity index (χ3n) is 6.41. The highest BCUT2D eigenvalue weighted by Crippen LogP contribution is 2.31. The van der Waals surface area contributed by atoms with Crippen molar-refractivity contribution in [2.45, 2.75) is 42.9 Å². The van der Waals surface area contributed by atoms with E-state index in [4.69, 9.17) is 11.6 Å². The Morgan fingerprint density at radius 2 is 1.54 bits per heavy atom. The van der Waals surface area contributed by atoms with E-state index in [0.29, 0.717) is 34.8 Å². The van der Waals surface area contributed by atoms with Crippen LogP contribution in [0.3, 0.4) is 0 Å². The number of benzene rings is 3. The van der Waals surface area contributed by atoms with Crippen molar-refractivity contribution >= 4 is 42.9 Å². The summed E-state index contributed by atoms with van der Waals surface area (Å²) in [6.45, 7) is 3.87.